The van der Waals surface area contributed by atoms with Gasteiger partial charge in [-0.1, -0.05) is 12.6 Å². The van der Waals surface area contributed by atoms with Crippen molar-refractivity contribution in [2.75, 3.05) is 7.05 Å². The van der Waals surface area contributed by atoms with Gasteiger partial charge in [0.05, 0.1) is 0 Å². The van der Waals surface area contributed by atoms with Crippen LogP contribution in [-0.2, 0) is 0 Å². The SMILES string of the molecule is CNC(=O)S.[Na]. The molecule has 0 aromatic rings. The van der Waals surface area contributed by atoms with Crippen LogP contribution in [0.15, 0.2) is 0 Å². The van der Waals surface area contributed by atoms with Gasteiger partial charge in [0.25, 0.3) is 5.24 Å². The Morgan fingerprint density at radius 1 is 1.83 bits per heavy atom. The van der Waals surface area contributed by atoms with Gasteiger partial charge in [0.2, 0.25) is 0 Å². The van der Waals surface area contributed by atoms with Gasteiger partial charge in [-0.2, -0.15) is 0 Å². The Kier molecular flexibility index (Phi) is 9.65. The maximum absolute atomic E-state index is 9.57. The maximum atomic E-state index is 9.57. The maximum Gasteiger partial charge on any atom is 0.275 e. The van der Waals surface area contributed by atoms with E-state index >= 15 is 0 Å². The zero-order valence-electron chi connectivity index (χ0n) is 3.86. The number of carbonyl (C=O) groups is 1. The van der Waals surface area contributed by atoms with E-state index in [1.807, 2.05) is 0 Å². The summed E-state index contributed by atoms with van der Waals surface area (Å²) in [5, 5.41) is 1.95. The van der Waals surface area contributed by atoms with Crippen LogP contribution in [0.2, 0.25) is 0 Å². The minimum Gasteiger partial charge on any atom is -0.350 e. The van der Waals surface area contributed by atoms with Crippen molar-refractivity contribution in [2.45, 2.75) is 0 Å². The molecule has 0 aromatic heterocycles. The third-order valence-electron chi connectivity index (χ3n) is 0.214. The number of thiol groups is 1. The van der Waals surface area contributed by atoms with Gasteiger partial charge in [-0.3, -0.25) is 4.79 Å². The van der Waals surface area contributed by atoms with Crippen LogP contribution in [0.1, 0.15) is 0 Å². The summed E-state index contributed by atoms with van der Waals surface area (Å²) in [6.45, 7) is 0. The van der Waals surface area contributed by atoms with Gasteiger partial charge >= 0.3 is 0 Å². The molecule has 0 aliphatic carbocycles. The molecule has 6 heavy (non-hydrogen) atoms. The molecule has 1 N–H and O–H groups in total. The zero-order valence-corrected chi connectivity index (χ0v) is 6.75. The van der Waals surface area contributed by atoms with Crippen molar-refractivity contribution in [3.8, 4) is 0 Å². The minimum absolute atomic E-state index is 0. The summed E-state index contributed by atoms with van der Waals surface area (Å²) in [5.41, 5.74) is 0. The molecule has 0 heterocycles. The Morgan fingerprint density at radius 2 is 2.00 bits per heavy atom. The Hall–Kier alpha value is 0.820. The summed E-state index contributed by atoms with van der Waals surface area (Å²) in [6, 6.07) is 0. The minimum atomic E-state index is -0.301. The molecule has 0 saturated heterocycles. The van der Waals surface area contributed by atoms with Crippen molar-refractivity contribution in [1.82, 2.24) is 5.32 Å². The van der Waals surface area contributed by atoms with Gasteiger partial charge in [-0.25, -0.2) is 0 Å². The molecule has 1 amide bonds. The van der Waals surface area contributed by atoms with E-state index in [9.17, 15) is 4.79 Å². The molecule has 0 saturated carbocycles. The van der Waals surface area contributed by atoms with Crippen LogP contribution in [0.4, 0.5) is 4.79 Å². The summed E-state index contributed by atoms with van der Waals surface area (Å²) in [5.74, 6) is 0. The van der Waals surface area contributed by atoms with E-state index in [1.165, 1.54) is 7.05 Å². The summed E-state index contributed by atoms with van der Waals surface area (Å²) in [7, 11) is 1.52. The second kappa shape index (κ2) is 5.82. The first-order valence-electron chi connectivity index (χ1n) is 1.18. The number of carbonyl (C=O) groups excluding carboxylic acids is 1. The summed E-state index contributed by atoms with van der Waals surface area (Å²) >= 11 is 3.35. The third-order valence-corrected chi connectivity index (χ3v) is 0.437. The van der Waals surface area contributed by atoms with E-state index < -0.39 is 0 Å². The Morgan fingerprint density at radius 3 is 2.00 bits per heavy atom. The summed E-state index contributed by atoms with van der Waals surface area (Å²) < 4.78 is 0. The molecule has 0 aromatic carbocycles. The molecule has 0 bridgehead atoms. The fourth-order valence-electron chi connectivity index (χ4n) is 0. The normalized spacial score (nSPS) is 5.67. The number of rotatable bonds is 0. The fraction of sp³-hybridized carbons (Fsp3) is 0.500. The van der Waals surface area contributed by atoms with Gasteiger partial charge in [-0.15, -0.1) is 0 Å². The van der Waals surface area contributed by atoms with Crippen molar-refractivity contribution in [3.05, 3.63) is 0 Å². The Bertz CT molecular complexity index is 48.8. The smallest absolute Gasteiger partial charge is 0.275 e. The quantitative estimate of drug-likeness (QED) is 0.333. The van der Waals surface area contributed by atoms with Crippen LogP contribution < -0.4 is 5.32 Å². The molecular formula is C2H5NNaOS. The molecule has 0 unspecified atom stereocenters. The van der Waals surface area contributed by atoms with E-state index in [0.29, 0.717) is 0 Å². The molecule has 0 aliphatic rings. The summed E-state index contributed by atoms with van der Waals surface area (Å²) in [6.07, 6.45) is 0. The molecular weight excluding hydrogens is 109 g/mol. The van der Waals surface area contributed by atoms with Crippen LogP contribution in [0, 0.1) is 0 Å². The third kappa shape index (κ3) is 8.84. The van der Waals surface area contributed by atoms with Crippen molar-refractivity contribution < 1.29 is 4.79 Å². The van der Waals surface area contributed by atoms with Gasteiger partial charge < -0.3 is 5.32 Å². The molecule has 0 aliphatic heterocycles. The first-order chi connectivity index (χ1) is 2.27. The monoisotopic (exact) mass is 114 g/mol. The van der Waals surface area contributed by atoms with E-state index in [2.05, 4.69) is 17.9 Å². The molecule has 2 nitrogen and oxygen atoms in total. The number of nitrogens with one attached hydrogen (secondary N) is 1. The standard InChI is InChI=1S/C2H5NOS.Na/c1-3-2(4)5;/h1H3,(H2,3,4,5);. The second-order valence-electron chi connectivity index (χ2n) is 0.555. The van der Waals surface area contributed by atoms with Gasteiger partial charge in [0.15, 0.2) is 0 Å². The molecule has 1 radical (unpaired) electrons. The molecule has 0 fully saturated rings. The number of hydrogen-bond acceptors (Lipinski definition) is 1. The predicted octanol–water partition coefficient (Wildman–Crippen LogP) is -0.125. The number of hydrogen-bond donors (Lipinski definition) is 2. The van der Waals surface area contributed by atoms with Crippen LogP contribution in [-0.4, -0.2) is 41.8 Å². The van der Waals surface area contributed by atoms with Crippen LogP contribution in [0.25, 0.3) is 0 Å². The molecule has 31 valence electrons. The van der Waals surface area contributed by atoms with Crippen molar-refractivity contribution in [1.29, 1.82) is 0 Å². The first kappa shape index (κ1) is 9.94. The zero-order chi connectivity index (χ0) is 4.28. The first-order valence-corrected chi connectivity index (χ1v) is 1.62. The van der Waals surface area contributed by atoms with Gasteiger partial charge in [0.1, 0.15) is 0 Å². The van der Waals surface area contributed by atoms with Crippen molar-refractivity contribution >= 4 is 47.4 Å². The van der Waals surface area contributed by atoms with Gasteiger partial charge in [-0.05, 0) is 0 Å². The van der Waals surface area contributed by atoms with E-state index in [0.717, 1.165) is 0 Å². The Labute approximate surface area is 64.4 Å². The molecule has 0 atom stereocenters. The largest absolute Gasteiger partial charge is 0.350 e. The average molecular weight is 114 g/mol. The van der Waals surface area contributed by atoms with Gasteiger partial charge in [0, 0.05) is 36.6 Å². The van der Waals surface area contributed by atoms with Crippen LogP contribution >= 0.6 is 12.6 Å². The second-order valence-corrected chi connectivity index (χ2v) is 0.961. The summed E-state index contributed by atoms with van der Waals surface area (Å²) in [4.78, 5) is 9.57. The molecule has 0 spiro atoms. The van der Waals surface area contributed by atoms with E-state index in [4.69, 9.17) is 0 Å². The van der Waals surface area contributed by atoms with E-state index in [1.54, 1.807) is 0 Å². The predicted molar refractivity (Wildman–Crippen MR) is 29.2 cm³/mol. The van der Waals surface area contributed by atoms with Crippen molar-refractivity contribution in [2.24, 2.45) is 0 Å². The fourth-order valence-corrected chi connectivity index (χ4v) is 0. The topological polar surface area (TPSA) is 29.1 Å². The molecule has 0 rings (SSSR count). The molecule has 4 heteroatoms. The number of amides is 1. The van der Waals surface area contributed by atoms with Crippen LogP contribution in [0.5, 0.6) is 0 Å². The van der Waals surface area contributed by atoms with E-state index in [-0.39, 0.29) is 34.8 Å². The Balaban J connectivity index is 0. The van der Waals surface area contributed by atoms with Crippen LogP contribution in [0.3, 0.4) is 0 Å². The average Bonchev–Trinajstić information content (AvgIpc) is 1.38. The van der Waals surface area contributed by atoms with Crippen molar-refractivity contribution in [3.63, 3.8) is 0 Å².